The van der Waals surface area contributed by atoms with Crippen LogP contribution in [-0.4, -0.2) is 15.0 Å². The van der Waals surface area contributed by atoms with Crippen molar-refractivity contribution in [2.75, 3.05) is 0 Å². The number of hydrogen-bond donors (Lipinski definition) is 0. The maximum Gasteiger partial charge on any atom is 0.156 e. The second-order valence-electron chi connectivity index (χ2n) is 9.41. The highest BCUT2D eigenvalue weighted by Crippen LogP contribution is 2.33. The van der Waals surface area contributed by atoms with Crippen LogP contribution in [0.2, 0.25) is 0 Å². The lowest BCUT2D eigenvalue weighted by Gasteiger charge is -2.18. The lowest BCUT2D eigenvalue weighted by atomic mass is 9.92. The average Bonchev–Trinajstić information content (AvgIpc) is 2.98. The van der Waals surface area contributed by atoms with Gasteiger partial charge in [0.2, 0.25) is 0 Å². The molecular weight excluding hydrogens is 450 g/mol. The van der Waals surface area contributed by atoms with Gasteiger partial charge in [-0.15, -0.1) is 0 Å². The van der Waals surface area contributed by atoms with Gasteiger partial charge in [-0.1, -0.05) is 104 Å². The summed E-state index contributed by atoms with van der Waals surface area (Å²) in [6.07, 6.45) is 11.2. The van der Waals surface area contributed by atoms with Crippen LogP contribution in [0, 0.1) is 5.92 Å². The molecule has 3 aromatic carbocycles. The maximum absolute atomic E-state index is 5.07. The standard InChI is InChI=1S/C34H27N3/c1-24-9-5-6-15-31(24)34-36-32(27-18-16-26(17-19-27)25-10-3-2-4-11-25)22-33(37-34)29-13-7-12-28(21-29)30-14-8-20-35-23-30/h2-8,10-24H,9H2,1H3. The zero-order chi connectivity index (χ0) is 25.0. The van der Waals surface area contributed by atoms with Gasteiger partial charge in [0.1, 0.15) is 0 Å². The molecule has 1 unspecified atom stereocenters. The molecule has 37 heavy (non-hydrogen) atoms. The quantitative estimate of drug-likeness (QED) is 0.255. The number of aromatic nitrogens is 3. The second-order valence-corrected chi connectivity index (χ2v) is 9.41. The first-order valence-electron chi connectivity index (χ1n) is 12.7. The van der Waals surface area contributed by atoms with Gasteiger partial charge >= 0.3 is 0 Å². The Kier molecular flexibility index (Phi) is 6.26. The minimum absolute atomic E-state index is 0.371. The summed E-state index contributed by atoms with van der Waals surface area (Å²) in [5.74, 6) is 1.17. The van der Waals surface area contributed by atoms with E-state index in [1.54, 1.807) is 6.20 Å². The van der Waals surface area contributed by atoms with E-state index in [1.807, 2.05) is 18.3 Å². The highest BCUT2D eigenvalue weighted by Gasteiger charge is 2.18. The number of benzene rings is 3. The Bertz CT molecular complexity index is 1580. The third-order valence-electron chi connectivity index (χ3n) is 6.86. The predicted octanol–water partition coefficient (Wildman–Crippen LogP) is 8.52. The van der Waals surface area contributed by atoms with Crippen LogP contribution in [0.1, 0.15) is 19.2 Å². The van der Waals surface area contributed by atoms with Crippen LogP contribution in [0.3, 0.4) is 0 Å². The number of nitrogens with zero attached hydrogens (tertiary/aromatic N) is 3. The largest absolute Gasteiger partial charge is 0.264 e. The van der Waals surface area contributed by atoms with Crippen molar-refractivity contribution in [3.05, 3.63) is 134 Å². The summed E-state index contributed by atoms with van der Waals surface area (Å²) < 4.78 is 0. The molecule has 0 fully saturated rings. The van der Waals surface area contributed by atoms with Gasteiger partial charge in [0.15, 0.2) is 5.82 Å². The van der Waals surface area contributed by atoms with Crippen molar-refractivity contribution in [1.82, 2.24) is 15.0 Å². The predicted molar refractivity (Wildman–Crippen MR) is 152 cm³/mol. The van der Waals surface area contributed by atoms with Gasteiger partial charge in [0.25, 0.3) is 0 Å². The normalized spacial score (nSPS) is 14.8. The maximum atomic E-state index is 5.07. The molecule has 0 N–H and O–H groups in total. The number of allylic oxidation sites excluding steroid dienone is 4. The van der Waals surface area contributed by atoms with Crippen molar-refractivity contribution >= 4 is 5.57 Å². The van der Waals surface area contributed by atoms with Crippen LogP contribution in [0.25, 0.3) is 50.3 Å². The Morgan fingerprint density at radius 1 is 0.622 bits per heavy atom. The Labute approximate surface area is 217 Å². The lowest BCUT2D eigenvalue weighted by molar-refractivity contribution is 0.749. The van der Waals surface area contributed by atoms with E-state index in [2.05, 4.69) is 115 Å². The molecule has 0 spiro atoms. The molecule has 0 saturated carbocycles. The van der Waals surface area contributed by atoms with Gasteiger partial charge < -0.3 is 0 Å². The fourth-order valence-corrected chi connectivity index (χ4v) is 4.77. The minimum atomic E-state index is 0.371. The zero-order valence-electron chi connectivity index (χ0n) is 20.8. The van der Waals surface area contributed by atoms with Crippen molar-refractivity contribution in [1.29, 1.82) is 0 Å². The first-order valence-corrected chi connectivity index (χ1v) is 12.7. The van der Waals surface area contributed by atoms with Crippen molar-refractivity contribution < 1.29 is 0 Å². The van der Waals surface area contributed by atoms with Crippen molar-refractivity contribution in [2.24, 2.45) is 5.92 Å². The first-order chi connectivity index (χ1) is 18.2. The molecule has 0 bridgehead atoms. The Balaban J connectivity index is 1.45. The molecule has 2 aromatic heterocycles. The molecule has 3 heteroatoms. The second kappa shape index (κ2) is 10.2. The number of hydrogen-bond acceptors (Lipinski definition) is 3. The van der Waals surface area contributed by atoms with Gasteiger partial charge in [-0.2, -0.15) is 0 Å². The van der Waals surface area contributed by atoms with Gasteiger partial charge in [-0.3, -0.25) is 4.98 Å². The molecule has 1 aliphatic carbocycles. The van der Waals surface area contributed by atoms with E-state index in [0.29, 0.717) is 5.92 Å². The fourth-order valence-electron chi connectivity index (χ4n) is 4.77. The average molecular weight is 478 g/mol. The van der Waals surface area contributed by atoms with E-state index in [9.17, 15) is 0 Å². The van der Waals surface area contributed by atoms with E-state index in [-0.39, 0.29) is 0 Å². The van der Waals surface area contributed by atoms with Crippen LogP contribution in [0.15, 0.2) is 128 Å². The summed E-state index contributed by atoms with van der Waals surface area (Å²) in [6.45, 7) is 2.24. The molecule has 0 aliphatic heterocycles. The molecule has 0 radical (unpaired) electrons. The minimum Gasteiger partial charge on any atom is -0.264 e. The van der Waals surface area contributed by atoms with E-state index in [4.69, 9.17) is 9.97 Å². The molecule has 3 nitrogen and oxygen atoms in total. The lowest BCUT2D eigenvalue weighted by Crippen LogP contribution is -2.06. The van der Waals surface area contributed by atoms with Crippen LogP contribution in [0.5, 0.6) is 0 Å². The zero-order valence-corrected chi connectivity index (χ0v) is 20.8. The van der Waals surface area contributed by atoms with Crippen LogP contribution >= 0.6 is 0 Å². The molecule has 6 rings (SSSR count). The smallest absolute Gasteiger partial charge is 0.156 e. The highest BCUT2D eigenvalue weighted by molar-refractivity contribution is 5.77. The number of rotatable bonds is 5. The Morgan fingerprint density at radius 2 is 1.30 bits per heavy atom. The van der Waals surface area contributed by atoms with E-state index in [0.717, 1.165) is 45.9 Å². The summed E-state index contributed by atoms with van der Waals surface area (Å²) in [5.41, 5.74) is 9.76. The highest BCUT2D eigenvalue weighted by atomic mass is 14.9. The van der Waals surface area contributed by atoms with Gasteiger partial charge in [0.05, 0.1) is 11.4 Å². The molecule has 0 amide bonds. The third-order valence-corrected chi connectivity index (χ3v) is 6.86. The van der Waals surface area contributed by atoms with E-state index < -0.39 is 0 Å². The summed E-state index contributed by atoms with van der Waals surface area (Å²) in [5, 5.41) is 0. The van der Waals surface area contributed by atoms with Crippen LogP contribution in [-0.2, 0) is 0 Å². The van der Waals surface area contributed by atoms with E-state index >= 15 is 0 Å². The summed E-state index contributed by atoms with van der Waals surface area (Å²) in [4.78, 5) is 14.4. The monoisotopic (exact) mass is 477 g/mol. The van der Waals surface area contributed by atoms with Crippen LogP contribution in [0.4, 0.5) is 0 Å². The van der Waals surface area contributed by atoms with Crippen molar-refractivity contribution in [3.63, 3.8) is 0 Å². The molecule has 2 heterocycles. The molecule has 0 saturated heterocycles. The Morgan fingerprint density at radius 3 is 2.05 bits per heavy atom. The number of pyridine rings is 1. The molecule has 5 aromatic rings. The van der Waals surface area contributed by atoms with Gasteiger partial charge in [0, 0.05) is 29.1 Å². The summed E-state index contributed by atoms with van der Waals surface area (Å²) in [7, 11) is 0. The SMILES string of the molecule is CC1CC=CC=C1c1nc(-c2ccc(-c3ccccc3)cc2)cc(-c2cccc(-c3cccnc3)c2)n1. The topological polar surface area (TPSA) is 38.7 Å². The van der Waals surface area contributed by atoms with Crippen molar-refractivity contribution in [3.8, 4) is 44.8 Å². The summed E-state index contributed by atoms with van der Waals surface area (Å²) in [6, 6.07) is 33.7. The summed E-state index contributed by atoms with van der Waals surface area (Å²) >= 11 is 0. The van der Waals surface area contributed by atoms with Crippen molar-refractivity contribution in [2.45, 2.75) is 13.3 Å². The third kappa shape index (κ3) is 4.89. The molecule has 1 atom stereocenters. The molecule has 1 aliphatic rings. The van der Waals surface area contributed by atoms with Crippen LogP contribution < -0.4 is 0 Å². The van der Waals surface area contributed by atoms with E-state index in [1.165, 1.54) is 16.7 Å². The van der Waals surface area contributed by atoms with Gasteiger partial charge in [-0.05, 0) is 52.8 Å². The molecule has 178 valence electrons. The molecular formula is C34H27N3. The Hall–Kier alpha value is -4.63. The first kappa shape index (κ1) is 22.8. The fraction of sp³-hybridized carbons (Fsp3) is 0.0882. The van der Waals surface area contributed by atoms with Gasteiger partial charge in [-0.25, -0.2) is 9.97 Å².